The molecular formula is C16H32N2. The van der Waals surface area contributed by atoms with Gasteiger partial charge in [0.05, 0.1) is 0 Å². The van der Waals surface area contributed by atoms with E-state index in [0.29, 0.717) is 0 Å². The van der Waals surface area contributed by atoms with Gasteiger partial charge in [-0.1, -0.05) is 27.2 Å². The molecule has 0 spiro atoms. The molecule has 0 aromatic heterocycles. The number of piperidine rings is 1. The maximum Gasteiger partial charge on any atom is 0.00915 e. The van der Waals surface area contributed by atoms with E-state index in [9.17, 15) is 0 Å². The molecule has 1 N–H and O–H groups in total. The summed E-state index contributed by atoms with van der Waals surface area (Å²) in [7, 11) is 0. The first-order chi connectivity index (χ1) is 8.63. The molecule has 2 nitrogen and oxygen atoms in total. The Morgan fingerprint density at radius 3 is 2.39 bits per heavy atom. The van der Waals surface area contributed by atoms with Crippen molar-refractivity contribution >= 4 is 0 Å². The van der Waals surface area contributed by atoms with Gasteiger partial charge < -0.3 is 10.2 Å². The standard InChI is InChI=1S/C16H32N2/c1-13(2)12-18-8-6-16(7-9-18)17-11-15-5-4-14(3)10-15/h13-17H,4-12H2,1-3H3. The van der Waals surface area contributed by atoms with Gasteiger partial charge >= 0.3 is 0 Å². The summed E-state index contributed by atoms with van der Waals surface area (Å²) in [5.41, 5.74) is 0. The van der Waals surface area contributed by atoms with Crippen molar-refractivity contribution < 1.29 is 0 Å². The third kappa shape index (κ3) is 4.55. The van der Waals surface area contributed by atoms with Crippen molar-refractivity contribution in [3.8, 4) is 0 Å². The molecule has 2 rings (SSSR count). The quantitative estimate of drug-likeness (QED) is 0.809. The van der Waals surface area contributed by atoms with Crippen LogP contribution < -0.4 is 5.32 Å². The van der Waals surface area contributed by atoms with E-state index < -0.39 is 0 Å². The first-order valence-electron chi connectivity index (χ1n) is 8.09. The second-order valence-electron chi connectivity index (χ2n) is 7.16. The summed E-state index contributed by atoms with van der Waals surface area (Å²) in [4.78, 5) is 2.64. The lowest BCUT2D eigenvalue weighted by Gasteiger charge is -2.33. The van der Waals surface area contributed by atoms with Crippen molar-refractivity contribution in [2.45, 2.75) is 58.9 Å². The molecule has 1 saturated heterocycles. The molecule has 0 aromatic rings. The Balaban J connectivity index is 1.59. The fourth-order valence-electron chi connectivity index (χ4n) is 3.68. The Labute approximate surface area is 114 Å². The van der Waals surface area contributed by atoms with Crippen molar-refractivity contribution in [1.29, 1.82) is 0 Å². The highest BCUT2D eigenvalue weighted by atomic mass is 15.1. The van der Waals surface area contributed by atoms with Crippen LogP contribution in [0.4, 0.5) is 0 Å². The maximum atomic E-state index is 3.83. The van der Waals surface area contributed by atoms with Gasteiger partial charge in [-0.05, 0) is 63.1 Å². The molecule has 0 amide bonds. The van der Waals surface area contributed by atoms with Crippen LogP contribution in [0.1, 0.15) is 52.9 Å². The van der Waals surface area contributed by atoms with E-state index in [2.05, 4.69) is 31.0 Å². The van der Waals surface area contributed by atoms with Crippen LogP contribution in [0.15, 0.2) is 0 Å². The maximum absolute atomic E-state index is 3.83. The molecule has 1 aliphatic carbocycles. The van der Waals surface area contributed by atoms with E-state index in [0.717, 1.165) is 23.8 Å². The molecule has 0 aromatic carbocycles. The fourth-order valence-corrected chi connectivity index (χ4v) is 3.68. The molecule has 18 heavy (non-hydrogen) atoms. The van der Waals surface area contributed by atoms with E-state index in [4.69, 9.17) is 0 Å². The molecule has 0 bridgehead atoms. The number of likely N-dealkylation sites (tertiary alicyclic amines) is 1. The zero-order valence-corrected chi connectivity index (χ0v) is 12.6. The number of hydrogen-bond donors (Lipinski definition) is 1. The van der Waals surface area contributed by atoms with E-state index in [1.165, 1.54) is 58.3 Å². The molecule has 1 aliphatic heterocycles. The van der Waals surface area contributed by atoms with Crippen LogP contribution in [0.2, 0.25) is 0 Å². The van der Waals surface area contributed by atoms with Gasteiger partial charge in [0, 0.05) is 12.6 Å². The highest BCUT2D eigenvalue weighted by Crippen LogP contribution is 2.29. The van der Waals surface area contributed by atoms with Crippen molar-refractivity contribution in [1.82, 2.24) is 10.2 Å². The SMILES string of the molecule is CC(C)CN1CCC(NCC2CCC(C)C2)CC1. The molecule has 2 fully saturated rings. The average molecular weight is 252 g/mol. The van der Waals surface area contributed by atoms with Crippen LogP contribution >= 0.6 is 0 Å². The second-order valence-corrected chi connectivity index (χ2v) is 7.16. The highest BCUT2D eigenvalue weighted by molar-refractivity contribution is 4.80. The minimum absolute atomic E-state index is 0.796. The van der Waals surface area contributed by atoms with Gasteiger partial charge in [-0.15, -0.1) is 0 Å². The van der Waals surface area contributed by atoms with E-state index in [-0.39, 0.29) is 0 Å². The Hall–Kier alpha value is -0.0800. The first-order valence-corrected chi connectivity index (χ1v) is 8.09. The fraction of sp³-hybridized carbons (Fsp3) is 1.00. The summed E-state index contributed by atoms with van der Waals surface area (Å²) in [6.45, 7) is 12.2. The highest BCUT2D eigenvalue weighted by Gasteiger charge is 2.23. The monoisotopic (exact) mass is 252 g/mol. The van der Waals surface area contributed by atoms with Crippen LogP contribution in [0.3, 0.4) is 0 Å². The molecular weight excluding hydrogens is 220 g/mol. The van der Waals surface area contributed by atoms with Crippen molar-refractivity contribution in [3.05, 3.63) is 0 Å². The molecule has 2 aliphatic rings. The molecule has 0 radical (unpaired) electrons. The summed E-state index contributed by atoms with van der Waals surface area (Å²) in [6.07, 6.45) is 7.09. The molecule has 2 atom stereocenters. The predicted octanol–water partition coefficient (Wildman–Crippen LogP) is 3.13. The molecule has 1 heterocycles. The number of hydrogen-bond acceptors (Lipinski definition) is 2. The summed E-state index contributed by atoms with van der Waals surface area (Å²) < 4.78 is 0. The lowest BCUT2D eigenvalue weighted by molar-refractivity contribution is 0.177. The minimum atomic E-state index is 0.796. The smallest absolute Gasteiger partial charge is 0.00915 e. The lowest BCUT2D eigenvalue weighted by Crippen LogP contribution is -2.44. The van der Waals surface area contributed by atoms with Gasteiger partial charge in [-0.3, -0.25) is 0 Å². The van der Waals surface area contributed by atoms with Gasteiger partial charge in [-0.25, -0.2) is 0 Å². The van der Waals surface area contributed by atoms with Crippen LogP contribution in [0.25, 0.3) is 0 Å². The van der Waals surface area contributed by atoms with Crippen molar-refractivity contribution in [2.24, 2.45) is 17.8 Å². The Bertz CT molecular complexity index is 231. The van der Waals surface area contributed by atoms with Crippen LogP contribution in [-0.4, -0.2) is 37.1 Å². The Morgan fingerprint density at radius 1 is 1.11 bits per heavy atom. The summed E-state index contributed by atoms with van der Waals surface area (Å²) in [5.74, 6) is 2.76. The zero-order chi connectivity index (χ0) is 13.0. The van der Waals surface area contributed by atoms with Crippen molar-refractivity contribution in [2.75, 3.05) is 26.2 Å². The number of rotatable bonds is 5. The third-order valence-corrected chi connectivity index (χ3v) is 4.71. The summed E-state index contributed by atoms with van der Waals surface area (Å²) in [5, 5.41) is 3.83. The van der Waals surface area contributed by atoms with Gasteiger partial charge in [0.25, 0.3) is 0 Å². The Morgan fingerprint density at radius 2 is 1.83 bits per heavy atom. The van der Waals surface area contributed by atoms with Gasteiger partial charge in [0.15, 0.2) is 0 Å². The minimum Gasteiger partial charge on any atom is -0.314 e. The van der Waals surface area contributed by atoms with Gasteiger partial charge in [-0.2, -0.15) is 0 Å². The predicted molar refractivity (Wildman–Crippen MR) is 78.8 cm³/mol. The van der Waals surface area contributed by atoms with E-state index >= 15 is 0 Å². The molecule has 2 unspecified atom stereocenters. The largest absolute Gasteiger partial charge is 0.314 e. The molecule has 106 valence electrons. The topological polar surface area (TPSA) is 15.3 Å². The molecule has 2 heteroatoms. The Kier molecular flexibility index (Phi) is 5.50. The van der Waals surface area contributed by atoms with Crippen molar-refractivity contribution in [3.63, 3.8) is 0 Å². The van der Waals surface area contributed by atoms with Gasteiger partial charge in [0.2, 0.25) is 0 Å². The first kappa shape index (κ1) is 14.3. The summed E-state index contributed by atoms with van der Waals surface area (Å²) >= 11 is 0. The second kappa shape index (κ2) is 6.91. The third-order valence-electron chi connectivity index (χ3n) is 4.71. The average Bonchev–Trinajstić information content (AvgIpc) is 2.74. The zero-order valence-electron chi connectivity index (χ0n) is 12.6. The number of nitrogens with one attached hydrogen (secondary N) is 1. The van der Waals surface area contributed by atoms with E-state index in [1.54, 1.807) is 0 Å². The van der Waals surface area contributed by atoms with Crippen LogP contribution in [0, 0.1) is 17.8 Å². The van der Waals surface area contributed by atoms with Crippen LogP contribution in [-0.2, 0) is 0 Å². The van der Waals surface area contributed by atoms with Gasteiger partial charge in [0.1, 0.15) is 0 Å². The normalized spacial score (nSPS) is 31.3. The number of nitrogens with zero attached hydrogens (tertiary/aromatic N) is 1. The summed E-state index contributed by atoms with van der Waals surface area (Å²) in [6, 6.07) is 0.796. The lowest BCUT2D eigenvalue weighted by atomic mass is 10.0. The van der Waals surface area contributed by atoms with Crippen LogP contribution in [0.5, 0.6) is 0 Å². The molecule has 1 saturated carbocycles. The van der Waals surface area contributed by atoms with E-state index in [1.807, 2.05) is 0 Å².